The molecule has 3 nitrogen and oxygen atoms in total. The van der Waals surface area contributed by atoms with E-state index in [0.717, 1.165) is 17.1 Å². The van der Waals surface area contributed by atoms with Gasteiger partial charge in [-0.15, -0.1) is 11.8 Å². The molecule has 0 aliphatic carbocycles. The number of nitrogens with two attached hydrogens (primary N) is 1. The molecule has 1 atom stereocenters. The van der Waals surface area contributed by atoms with Crippen molar-refractivity contribution in [1.82, 2.24) is 0 Å². The Bertz CT molecular complexity index is 586. The molecular formula is C17H20N2OS. The zero-order valence-corrected chi connectivity index (χ0v) is 12.9. The Kier molecular flexibility index (Phi) is 5.69. The van der Waals surface area contributed by atoms with Crippen LogP contribution in [0.4, 0.5) is 5.69 Å². The summed E-state index contributed by atoms with van der Waals surface area (Å²) >= 11 is 1.47. The maximum absolute atomic E-state index is 10.9. The van der Waals surface area contributed by atoms with E-state index in [9.17, 15) is 4.79 Å². The van der Waals surface area contributed by atoms with Crippen molar-refractivity contribution in [2.75, 3.05) is 17.6 Å². The van der Waals surface area contributed by atoms with E-state index in [2.05, 4.69) is 36.5 Å². The lowest BCUT2D eigenvalue weighted by Crippen LogP contribution is -2.14. The zero-order valence-electron chi connectivity index (χ0n) is 12.1. The second-order valence-corrected chi connectivity index (χ2v) is 5.96. The predicted octanol–water partition coefficient (Wildman–Crippen LogP) is 3.48. The molecule has 0 heterocycles. The molecule has 0 bridgehead atoms. The van der Waals surface area contributed by atoms with Crippen LogP contribution in [0.1, 0.15) is 18.4 Å². The molecule has 2 aromatic rings. The number of thioether (sulfide) groups is 1. The summed E-state index contributed by atoms with van der Waals surface area (Å²) < 4.78 is 0. The van der Waals surface area contributed by atoms with Gasteiger partial charge in [0.1, 0.15) is 0 Å². The first kappa shape index (κ1) is 15.4. The Morgan fingerprint density at radius 2 is 1.81 bits per heavy atom. The fourth-order valence-corrected chi connectivity index (χ4v) is 2.82. The lowest BCUT2D eigenvalue weighted by Gasteiger charge is -2.16. The van der Waals surface area contributed by atoms with E-state index >= 15 is 0 Å². The fourth-order valence-electron chi connectivity index (χ4n) is 2.05. The van der Waals surface area contributed by atoms with Crippen molar-refractivity contribution in [2.45, 2.75) is 17.7 Å². The quantitative estimate of drug-likeness (QED) is 0.770. The largest absolute Gasteiger partial charge is 0.384 e. The Morgan fingerprint density at radius 3 is 2.52 bits per heavy atom. The van der Waals surface area contributed by atoms with Gasteiger partial charge in [-0.1, -0.05) is 49.4 Å². The third-order valence-electron chi connectivity index (χ3n) is 3.22. The second-order valence-electron chi connectivity index (χ2n) is 4.94. The monoisotopic (exact) mass is 300 g/mol. The average Bonchev–Trinajstić information content (AvgIpc) is 2.52. The van der Waals surface area contributed by atoms with Crippen LogP contribution >= 0.6 is 11.8 Å². The summed E-state index contributed by atoms with van der Waals surface area (Å²) in [5, 5.41) is 3.46. The molecule has 4 heteroatoms. The minimum atomic E-state index is -0.299. The molecule has 1 amide bonds. The Balaban J connectivity index is 1.98. The molecule has 0 saturated carbocycles. The Morgan fingerprint density at radius 1 is 1.14 bits per heavy atom. The fraction of sp³-hybridized carbons (Fsp3) is 0.235. The molecule has 0 radical (unpaired) electrons. The number of amides is 1. The van der Waals surface area contributed by atoms with E-state index in [4.69, 9.17) is 5.73 Å². The number of primary amides is 1. The third-order valence-corrected chi connectivity index (χ3v) is 4.32. The van der Waals surface area contributed by atoms with Gasteiger partial charge in [-0.3, -0.25) is 4.79 Å². The summed E-state index contributed by atoms with van der Waals surface area (Å²) in [6.45, 7) is 3.04. The third kappa shape index (κ3) is 4.83. The van der Waals surface area contributed by atoms with E-state index in [1.165, 1.54) is 17.3 Å². The topological polar surface area (TPSA) is 55.1 Å². The summed E-state index contributed by atoms with van der Waals surface area (Å²) in [5.41, 5.74) is 7.57. The van der Waals surface area contributed by atoms with Gasteiger partial charge in [0.25, 0.3) is 0 Å². The molecule has 0 fully saturated rings. The summed E-state index contributed by atoms with van der Waals surface area (Å²) in [6, 6.07) is 18.4. The molecule has 0 aliphatic heterocycles. The minimum Gasteiger partial charge on any atom is -0.384 e. The molecule has 0 spiro atoms. The first-order valence-electron chi connectivity index (χ1n) is 6.96. The highest BCUT2D eigenvalue weighted by atomic mass is 32.2. The summed E-state index contributed by atoms with van der Waals surface area (Å²) in [4.78, 5) is 12.0. The van der Waals surface area contributed by atoms with E-state index in [-0.39, 0.29) is 5.91 Å². The van der Waals surface area contributed by atoms with Crippen LogP contribution < -0.4 is 11.1 Å². The van der Waals surface area contributed by atoms with Crippen molar-refractivity contribution < 1.29 is 4.79 Å². The molecule has 21 heavy (non-hydrogen) atoms. The van der Waals surface area contributed by atoms with Crippen molar-refractivity contribution in [3.8, 4) is 0 Å². The number of para-hydroxylation sites is 1. The van der Waals surface area contributed by atoms with Crippen molar-refractivity contribution >= 4 is 23.4 Å². The van der Waals surface area contributed by atoms with Gasteiger partial charge >= 0.3 is 0 Å². The lowest BCUT2D eigenvalue weighted by atomic mass is 10.0. The van der Waals surface area contributed by atoms with Gasteiger partial charge in [-0.2, -0.15) is 0 Å². The molecule has 0 aromatic heterocycles. The van der Waals surface area contributed by atoms with Crippen LogP contribution in [-0.2, 0) is 4.79 Å². The van der Waals surface area contributed by atoms with Gasteiger partial charge in [0, 0.05) is 17.1 Å². The van der Waals surface area contributed by atoms with Gasteiger partial charge in [-0.05, 0) is 23.6 Å². The number of rotatable bonds is 7. The van der Waals surface area contributed by atoms with Gasteiger partial charge in [0.15, 0.2) is 0 Å². The van der Waals surface area contributed by atoms with Gasteiger partial charge in [0.2, 0.25) is 5.91 Å². The molecule has 0 aliphatic rings. The highest BCUT2D eigenvalue weighted by molar-refractivity contribution is 8.00. The van der Waals surface area contributed by atoms with Crippen LogP contribution in [-0.4, -0.2) is 18.2 Å². The molecular weight excluding hydrogens is 280 g/mol. The molecule has 0 saturated heterocycles. The highest BCUT2D eigenvalue weighted by Crippen LogP contribution is 2.27. The second kappa shape index (κ2) is 7.74. The van der Waals surface area contributed by atoms with Crippen molar-refractivity contribution in [3.05, 3.63) is 60.2 Å². The number of hydrogen-bond acceptors (Lipinski definition) is 3. The summed E-state index contributed by atoms with van der Waals surface area (Å²) in [6.07, 6.45) is 0. The Labute approximate surface area is 129 Å². The lowest BCUT2D eigenvalue weighted by molar-refractivity contribution is -0.115. The van der Waals surface area contributed by atoms with Crippen LogP contribution in [0.15, 0.2) is 59.5 Å². The number of nitrogens with one attached hydrogen (secondary N) is 1. The van der Waals surface area contributed by atoms with Crippen molar-refractivity contribution in [3.63, 3.8) is 0 Å². The van der Waals surface area contributed by atoms with Crippen LogP contribution in [0.25, 0.3) is 0 Å². The highest BCUT2D eigenvalue weighted by Gasteiger charge is 2.07. The Hall–Kier alpha value is -1.94. The van der Waals surface area contributed by atoms with E-state index < -0.39 is 0 Å². The first-order valence-corrected chi connectivity index (χ1v) is 7.94. The van der Waals surface area contributed by atoms with Gasteiger partial charge in [0.05, 0.1) is 5.75 Å². The van der Waals surface area contributed by atoms with Gasteiger partial charge in [-0.25, -0.2) is 0 Å². The van der Waals surface area contributed by atoms with E-state index in [1.807, 2.05) is 30.3 Å². The molecule has 2 aromatic carbocycles. The average molecular weight is 300 g/mol. The summed E-state index contributed by atoms with van der Waals surface area (Å²) in [5.74, 6) is 0.417. The van der Waals surface area contributed by atoms with Crippen LogP contribution in [0.3, 0.4) is 0 Å². The molecule has 2 rings (SSSR count). The maximum atomic E-state index is 10.9. The molecule has 3 N–H and O–H groups in total. The zero-order chi connectivity index (χ0) is 15.1. The maximum Gasteiger partial charge on any atom is 0.227 e. The standard InChI is InChI=1S/C17H20N2OS/c1-13(14-7-3-2-4-8-14)11-19-15-9-5-6-10-16(15)21-12-17(18)20/h2-10,13,19H,11-12H2,1H3,(H2,18,20)/t13-/m0/s1. The van der Waals surface area contributed by atoms with Gasteiger partial charge < -0.3 is 11.1 Å². The number of hydrogen-bond donors (Lipinski definition) is 2. The van der Waals surface area contributed by atoms with Crippen molar-refractivity contribution in [2.24, 2.45) is 5.73 Å². The number of anilines is 1. The van der Waals surface area contributed by atoms with Crippen LogP contribution in [0.2, 0.25) is 0 Å². The number of carbonyl (C=O) groups is 1. The SMILES string of the molecule is C[C@@H](CNc1ccccc1SCC(N)=O)c1ccccc1. The summed E-state index contributed by atoms with van der Waals surface area (Å²) in [7, 11) is 0. The predicted molar refractivity (Wildman–Crippen MR) is 89.7 cm³/mol. The smallest absolute Gasteiger partial charge is 0.227 e. The molecule has 0 unspecified atom stereocenters. The van der Waals surface area contributed by atoms with E-state index in [1.54, 1.807) is 0 Å². The van der Waals surface area contributed by atoms with E-state index in [0.29, 0.717) is 11.7 Å². The normalized spacial score (nSPS) is 11.9. The number of benzene rings is 2. The van der Waals surface area contributed by atoms with Crippen LogP contribution in [0.5, 0.6) is 0 Å². The number of carbonyl (C=O) groups excluding carboxylic acids is 1. The van der Waals surface area contributed by atoms with Crippen LogP contribution in [0, 0.1) is 0 Å². The molecule has 110 valence electrons. The minimum absolute atomic E-state index is 0.299. The first-order chi connectivity index (χ1) is 10.2. The van der Waals surface area contributed by atoms with Crippen molar-refractivity contribution in [1.29, 1.82) is 0 Å².